The number of aromatic nitrogens is 2. The smallest absolute Gasteiger partial charge is 0.262 e. The molecule has 0 amide bonds. The molecular weight excluding hydrogens is 458 g/mol. The van der Waals surface area contributed by atoms with E-state index in [1.165, 1.54) is 18.2 Å². The lowest BCUT2D eigenvalue weighted by Crippen LogP contribution is -2.31. The van der Waals surface area contributed by atoms with E-state index in [1.54, 1.807) is 18.2 Å². The van der Waals surface area contributed by atoms with Crippen LogP contribution in [0.4, 0.5) is 5.69 Å². The van der Waals surface area contributed by atoms with Crippen molar-refractivity contribution in [3.63, 3.8) is 0 Å². The van der Waals surface area contributed by atoms with Gasteiger partial charge in [0.25, 0.3) is 10.0 Å². The van der Waals surface area contributed by atoms with Crippen molar-refractivity contribution in [3.8, 4) is 0 Å². The van der Waals surface area contributed by atoms with Gasteiger partial charge in [-0.1, -0.05) is 59.7 Å². The van der Waals surface area contributed by atoms with Gasteiger partial charge in [-0.2, -0.15) is 8.42 Å². The molecule has 0 N–H and O–H groups in total. The van der Waals surface area contributed by atoms with E-state index >= 15 is 0 Å². The minimum absolute atomic E-state index is 0.0998. The van der Waals surface area contributed by atoms with Crippen molar-refractivity contribution < 1.29 is 13.3 Å². The Morgan fingerprint density at radius 1 is 0.714 bits per heavy atom. The lowest BCUT2D eigenvalue weighted by molar-refractivity contribution is 0.215. The zero-order chi connectivity index (χ0) is 25.5. The van der Waals surface area contributed by atoms with E-state index in [4.69, 9.17) is 4.84 Å². The van der Waals surface area contributed by atoms with Crippen LogP contribution in [-0.4, -0.2) is 25.5 Å². The molecule has 4 aromatic rings. The highest BCUT2D eigenvalue weighted by Crippen LogP contribution is 2.41. The van der Waals surface area contributed by atoms with Crippen LogP contribution in [0, 0.1) is 0 Å². The summed E-state index contributed by atoms with van der Waals surface area (Å²) in [5.74, 6) is 0.651. The van der Waals surface area contributed by atoms with Crippen LogP contribution in [0.2, 0.25) is 0 Å². The Kier molecular flexibility index (Phi) is 6.84. The summed E-state index contributed by atoms with van der Waals surface area (Å²) in [5.41, 5.74) is 6.58. The van der Waals surface area contributed by atoms with Gasteiger partial charge in [0.15, 0.2) is 0 Å². The van der Waals surface area contributed by atoms with Crippen molar-refractivity contribution in [2.45, 2.75) is 64.2 Å². The zero-order valence-corrected chi connectivity index (χ0v) is 22.2. The number of para-hydroxylation sites is 2. The third-order valence-electron chi connectivity index (χ3n) is 6.26. The summed E-state index contributed by atoms with van der Waals surface area (Å²) >= 11 is 0. The van der Waals surface area contributed by atoms with Gasteiger partial charge < -0.3 is 0 Å². The van der Waals surface area contributed by atoms with E-state index < -0.39 is 10.0 Å². The molecule has 7 heteroatoms. The molecular formula is C28H33N3O3S. The van der Waals surface area contributed by atoms with Crippen molar-refractivity contribution in [2.75, 3.05) is 11.6 Å². The van der Waals surface area contributed by atoms with Gasteiger partial charge in [0.2, 0.25) is 0 Å². The second kappa shape index (κ2) is 9.55. The molecule has 0 unspecified atom stereocenters. The van der Waals surface area contributed by atoms with E-state index in [-0.39, 0.29) is 16.7 Å². The highest BCUT2D eigenvalue weighted by molar-refractivity contribution is 7.92. The summed E-state index contributed by atoms with van der Waals surface area (Å²) in [6, 6.07) is 16.3. The number of rotatable bonds is 7. The fourth-order valence-corrected chi connectivity index (χ4v) is 6.04. The summed E-state index contributed by atoms with van der Waals surface area (Å²) in [6.45, 7) is 12.8. The summed E-state index contributed by atoms with van der Waals surface area (Å²) < 4.78 is 28.8. The van der Waals surface area contributed by atoms with Gasteiger partial charge in [-0.3, -0.25) is 4.84 Å². The summed E-state index contributed by atoms with van der Waals surface area (Å²) in [7, 11) is -2.65. The first-order chi connectivity index (χ1) is 16.6. The van der Waals surface area contributed by atoms with Crippen LogP contribution in [0.1, 0.15) is 76.0 Å². The molecule has 0 radical (unpaired) electrons. The minimum atomic E-state index is -4.04. The average Bonchev–Trinajstić information content (AvgIpc) is 2.81. The third-order valence-corrected chi connectivity index (χ3v) is 7.90. The van der Waals surface area contributed by atoms with Gasteiger partial charge in [-0.15, -0.1) is 4.47 Å². The molecule has 0 bridgehead atoms. The fourth-order valence-electron chi connectivity index (χ4n) is 4.74. The Balaban J connectivity index is 1.90. The number of anilines is 1. The predicted octanol–water partition coefficient (Wildman–Crippen LogP) is 6.91. The Morgan fingerprint density at radius 3 is 1.83 bits per heavy atom. The summed E-state index contributed by atoms with van der Waals surface area (Å²) in [5, 5.41) is 0. The first kappa shape index (κ1) is 25.1. The van der Waals surface area contributed by atoms with E-state index in [0.717, 1.165) is 15.5 Å². The third kappa shape index (κ3) is 4.50. The SMILES string of the molecule is CON(c1ccc(C(C)C)c(C(C)C)c1C(C)C)S(=O)(=O)c1ccc2nc3ccccc3nc2c1. The first-order valence-electron chi connectivity index (χ1n) is 12.0. The molecule has 0 fully saturated rings. The molecule has 0 saturated heterocycles. The van der Waals surface area contributed by atoms with Gasteiger partial charge >= 0.3 is 0 Å². The number of fused-ring (bicyclic) bond motifs is 2. The molecule has 3 aromatic carbocycles. The van der Waals surface area contributed by atoms with E-state index in [1.807, 2.05) is 36.4 Å². The monoisotopic (exact) mass is 491 g/mol. The number of hydrogen-bond acceptors (Lipinski definition) is 5. The molecule has 184 valence electrons. The Labute approximate surface area is 208 Å². The maximum absolute atomic E-state index is 13.9. The van der Waals surface area contributed by atoms with Crippen molar-refractivity contribution in [1.82, 2.24) is 9.97 Å². The fraction of sp³-hybridized carbons (Fsp3) is 0.357. The van der Waals surface area contributed by atoms with Crippen LogP contribution in [0.25, 0.3) is 22.1 Å². The van der Waals surface area contributed by atoms with Crippen molar-refractivity contribution in [2.24, 2.45) is 0 Å². The molecule has 0 aliphatic heterocycles. The lowest BCUT2D eigenvalue weighted by atomic mass is 9.82. The van der Waals surface area contributed by atoms with E-state index in [9.17, 15) is 8.42 Å². The van der Waals surface area contributed by atoms with Gasteiger partial charge in [0.1, 0.15) is 0 Å². The van der Waals surface area contributed by atoms with Crippen LogP contribution in [0.5, 0.6) is 0 Å². The molecule has 4 rings (SSSR count). The highest BCUT2D eigenvalue weighted by atomic mass is 32.2. The minimum Gasteiger partial charge on any atom is -0.262 e. The van der Waals surface area contributed by atoms with Crippen LogP contribution in [0.3, 0.4) is 0 Å². The van der Waals surface area contributed by atoms with Crippen molar-refractivity contribution >= 4 is 37.8 Å². The quantitative estimate of drug-likeness (QED) is 0.207. The number of nitrogens with zero attached hydrogens (tertiary/aromatic N) is 3. The maximum Gasteiger partial charge on any atom is 0.286 e. The second-order valence-electron chi connectivity index (χ2n) is 9.74. The van der Waals surface area contributed by atoms with Crippen LogP contribution in [0.15, 0.2) is 59.5 Å². The molecule has 1 aromatic heterocycles. The summed E-state index contributed by atoms with van der Waals surface area (Å²) in [4.78, 5) is 14.9. The van der Waals surface area contributed by atoms with Crippen LogP contribution >= 0.6 is 0 Å². The van der Waals surface area contributed by atoms with Crippen LogP contribution in [-0.2, 0) is 14.9 Å². The zero-order valence-electron chi connectivity index (χ0n) is 21.4. The molecule has 35 heavy (non-hydrogen) atoms. The Morgan fingerprint density at radius 2 is 1.29 bits per heavy atom. The highest BCUT2D eigenvalue weighted by Gasteiger charge is 2.31. The standard InChI is InChI=1S/C28H33N3O3S/c1-17(2)21-13-15-26(28(19(5)6)27(21)18(3)4)31(34-7)35(32,33)20-12-14-24-25(16-20)30-23-11-9-8-10-22(23)29-24/h8-19H,1-7H3. The number of hydrogen-bond donors (Lipinski definition) is 0. The Bertz CT molecular complexity index is 1490. The van der Waals surface area contributed by atoms with Gasteiger partial charge in [0, 0.05) is 0 Å². The van der Waals surface area contributed by atoms with Gasteiger partial charge in [0.05, 0.1) is 39.8 Å². The average molecular weight is 492 g/mol. The largest absolute Gasteiger partial charge is 0.286 e. The molecule has 0 aliphatic carbocycles. The lowest BCUT2D eigenvalue weighted by Gasteiger charge is -2.30. The second-order valence-corrected chi connectivity index (χ2v) is 11.5. The predicted molar refractivity (Wildman–Crippen MR) is 142 cm³/mol. The molecule has 0 spiro atoms. The summed E-state index contributed by atoms with van der Waals surface area (Å²) in [6.07, 6.45) is 0. The van der Waals surface area contributed by atoms with Crippen molar-refractivity contribution in [1.29, 1.82) is 0 Å². The molecule has 0 atom stereocenters. The molecule has 1 heterocycles. The Hall–Kier alpha value is -3.03. The maximum atomic E-state index is 13.9. The number of benzene rings is 3. The normalized spacial score (nSPS) is 12.4. The molecule has 6 nitrogen and oxygen atoms in total. The molecule has 0 saturated carbocycles. The van der Waals surface area contributed by atoms with Crippen LogP contribution < -0.4 is 4.47 Å². The van der Waals surface area contributed by atoms with Gasteiger partial charge in [-0.25, -0.2) is 9.97 Å². The van der Waals surface area contributed by atoms with E-state index in [0.29, 0.717) is 28.2 Å². The van der Waals surface area contributed by atoms with Crippen molar-refractivity contribution in [3.05, 3.63) is 71.3 Å². The number of sulfonamides is 1. The molecule has 0 aliphatic rings. The van der Waals surface area contributed by atoms with Gasteiger partial charge in [-0.05, 0) is 70.8 Å². The van der Waals surface area contributed by atoms with E-state index in [2.05, 4.69) is 51.5 Å². The first-order valence-corrected chi connectivity index (χ1v) is 13.4. The topological polar surface area (TPSA) is 72.4 Å².